The summed E-state index contributed by atoms with van der Waals surface area (Å²) in [5, 5.41) is 0.459. The molecule has 4 N–H and O–H groups in total. The molecule has 0 aromatic heterocycles. The highest BCUT2D eigenvalue weighted by Gasteiger charge is 2.29. The van der Waals surface area contributed by atoms with Gasteiger partial charge in [-0.2, -0.15) is 0 Å². The zero-order chi connectivity index (χ0) is 11.0. The van der Waals surface area contributed by atoms with E-state index < -0.39 is 0 Å². The van der Waals surface area contributed by atoms with Crippen LogP contribution >= 0.6 is 11.6 Å². The zero-order valence-corrected chi connectivity index (χ0v) is 8.87. The molecule has 0 spiro atoms. The number of hydrogen-bond acceptors (Lipinski definition) is 3. The van der Waals surface area contributed by atoms with E-state index in [1.54, 1.807) is 23.1 Å². The van der Waals surface area contributed by atoms with Gasteiger partial charge in [0, 0.05) is 19.0 Å². The van der Waals surface area contributed by atoms with Crippen LogP contribution in [0, 0.1) is 0 Å². The maximum absolute atomic E-state index is 11.6. The van der Waals surface area contributed by atoms with E-state index in [0.717, 1.165) is 0 Å². The summed E-state index contributed by atoms with van der Waals surface area (Å²) < 4.78 is 0. The fourth-order valence-electron chi connectivity index (χ4n) is 1.73. The van der Waals surface area contributed by atoms with Crippen LogP contribution in [0.25, 0.3) is 0 Å². The summed E-state index contributed by atoms with van der Waals surface area (Å²) in [5.41, 5.74) is 12.6. The first-order valence-corrected chi connectivity index (χ1v) is 5.07. The van der Waals surface area contributed by atoms with Gasteiger partial charge in [-0.3, -0.25) is 4.79 Å². The fourth-order valence-corrected chi connectivity index (χ4v) is 1.90. The molecule has 1 aliphatic rings. The van der Waals surface area contributed by atoms with Gasteiger partial charge in [0.2, 0.25) is 5.91 Å². The van der Waals surface area contributed by atoms with Gasteiger partial charge < -0.3 is 16.4 Å². The van der Waals surface area contributed by atoms with E-state index in [1.807, 2.05) is 0 Å². The van der Waals surface area contributed by atoms with E-state index in [-0.39, 0.29) is 11.9 Å². The fraction of sp³-hybridized carbons (Fsp3) is 0.300. The highest BCUT2D eigenvalue weighted by Crippen LogP contribution is 2.32. The van der Waals surface area contributed by atoms with Crippen molar-refractivity contribution in [2.45, 2.75) is 12.5 Å². The molecule has 1 unspecified atom stereocenters. The second-order valence-electron chi connectivity index (χ2n) is 3.64. The van der Waals surface area contributed by atoms with Crippen LogP contribution in [0.4, 0.5) is 11.4 Å². The van der Waals surface area contributed by atoms with Crippen LogP contribution in [-0.4, -0.2) is 18.5 Å². The Hall–Kier alpha value is -1.26. The number of benzene rings is 1. The average Bonchev–Trinajstić information content (AvgIpc) is 2.50. The predicted molar refractivity (Wildman–Crippen MR) is 60.8 cm³/mol. The number of hydrogen-bond donors (Lipinski definition) is 2. The molecule has 15 heavy (non-hydrogen) atoms. The van der Waals surface area contributed by atoms with Crippen molar-refractivity contribution in [3.63, 3.8) is 0 Å². The Labute approximate surface area is 92.8 Å². The number of nitrogens with two attached hydrogens (primary N) is 2. The number of carbonyl (C=O) groups excluding carboxylic acids is 1. The van der Waals surface area contributed by atoms with Crippen molar-refractivity contribution in [1.82, 2.24) is 0 Å². The number of amides is 1. The van der Waals surface area contributed by atoms with E-state index in [2.05, 4.69) is 0 Å². The molecule has 1 atom stereocenters. The van der Waals surface area contributed by atoms with E-state index in [4.69, 9.17) is 23.1 Å². The Morgan fingerprint density at radius 1 is 1.47 bits per heavy atom. The number of nitrogens with zero attached hydrogens (tertiary/aromatic N) is 1. The molecular formula is C10H12ClN3O. The highest BCUT2D eigenvalue weighted by molar-refractivity contribution is 6.34. The maximum Gasteiger partial charge on any atom is 0.228 e. The molecule has 1 aromatic carbocycles. The summed E-state index contributed by atoms with van der Waals surface area (Å²) >= 11 is 5.88. The molecule has 1 aromatic rings. The first-order valence-electron chi connectivity index (χ1n) is 4.69. The normalized spacial score (nSPS) is 21.1. The predicted octanol–water partition coefficient (Wildman–Crippen LogP) is 0.986. The summed E-state index contributed by atoms with van der Waals surface area (Å²) in [4.78, 5) is 13.2. The molecule has 5 heteroatoms. The number of para-hydroxylation sites is 1. The molecule has 1 amide bonds. The van der Waals surface area contributed by atoms with Crippen LogP contribution in [0.15, 0.2) is 18.2 Å². The first kappa shape index (κ1) is 10.3. The number of rotatable bonds is 1. The summed E-state index contributed by atoms with van der Waals surface area (Å²) in [7, 11) is 0. The Morgan fingerprint density at radius 2 is 2.20 bits per heavy atom. The Kier molecular flexibility index (Phi) is 2.54. The van der Waals surface area contributed by atoms with Gasteiger partial charge in [0.15, 0.2) is 0 Å². The van der Waals surface area contributed by atoms with Crippen LogP contribution < -0.4 is 16.4 Å². The number of nitrogen functional groups attached to an aromatic ring is 1. The van der Waals surface area contributed by atoms with Gasteiger partial charge in [-0.25, -0.2) is 0 Å². The smallest absolute Gasteiger partial charge is 0.228 e. The van der Waals surface area contributed by atoms with Gasteiger partial charge >= 0.3 is 0 Å². The zero-order valence-electron chi connectivity index (χ0n) is 8.11. The van der Waals surface area contributed by atoms with Crippen molar-refractivity contribution in [3.8, 4) is 0 Å². The van der Waals surface area contributed by atoms with Crippen LogP contribution in [-0.2, 0) is 4.79 Å². The lowest BCUT2D eigenvalue weighted by Gasteiger charge is -2.18. The topological polar surface area (TPSA) is 72.3 Å². The molecule has 1 fully saturated rings. The number of anilines is 2. The lowest BCUT2D eigenvalue weighted by atomic mass is 10.2. The first-order chi connectivity index (χ1) is 7.09. The molecule has 1 heterocycles. The third kappa shape index (κ3) is 1.78. The van der Waals surface area contributed by atoms with Crippen molar-refractivity contribution >= 4 is 28.9 Å². The van der Waals surface area contributed by atoms with Crippen molar-refractivity contribution in [2.24, 2.45) is 5.73 Å². The lowest BCUT2D eigenvalue weighted by molar-refractivity contribution is -0.117. The standard InChI is InChI=1S/C10H12ClN3O/c11-7-2-1-3-8(10(7)13)14-5-6(12)4-9(14)15/h1-3,6H,4-5,12-13H2. The van der Waals surface area contributed by atoms with Gasteiger partial charge in [-0.1, -0.05) is 17.7 Å². The third-order valence-electron chi connectivity index (χ3n) is 2.48. The molecule has 1 aliphatic heterocycles. The Balaban J connectivity index is 2.38. The van der Waals surface area contributed by atoms with Gasteiger partial charge in [0.05, 0.1) is 16.4 Å². The molecular weight excluding hydrogens is 214 g/mol. The number of halogens is 1. The van der Waals surface area contributed by atoms with E-state index in [1.165, 1.54) is 0 Å². The van der Waals surface area contributed by atoms with Gasteiger partial charge in [0.25, 0.3) is 0 Å². The quantitative estimate of drug-likeness (QED) is 0.700. The van der Waals surface area contributed by atoms with Gasteiger partial charge in [0.1, 0.15) is 0 Å². The van der Waals surface area contributed by atoms with Crippen LogP contribution in [0.5, 0.6) is 0 Å². The molecule has 1 saturated heterocycles. The average molecular weight is 226 g/mol. The Bertz CT molecular complexity index is 408. The molecule has 0 bridgehead atoms. The minimum atomic E-state index is -0.115. The molecule has 0 aliphatic carbocycles. The second-order valence-corrected chi connectivity index (χ2v) is 4.05. The third-order valence-corrected chi connectivity index (χ3v) is 2.81. The van der Waals surface area contributed by atoms with E-state index in [9.17, 15) is 4.79 Å². The molecule has 4 nitrogen and oxygen atoms in total. The van der Waals surface area contributed by atoms with E-state index in [0.29, 0.717) is 29.4 Å². The van der Waals surface area contributed by atoms with Crippen molar-refractivity contribution < 1.29 is 4.79 Å². The second kappa shape index (κ2) is 3.72. The summed E-state index contributed by atoms with van der Waals surface area (Å²) in [6.45, 7) is 0.503. The molecule has 2 rings (SSSR count). The number of carbonyl (C=O) groups is 1. The maximum atomic E-state index is 11.6. The lowest BCUT2D eigenvalue weighted by Crippen LogP contribution is -2.28. The largest absolute Gasteiger partial charge is 0.396 e. The molecule has 80 valence electrons. The SMILES string of the molecule is Nc1c(Cl)cccc1N1CC(N)CC1=O. The van der Waals surface area contributed by atoms with Gasteiger partial charge in [-0.05, 0) is 12.1 Å². The minimum absolute atomic E-state index is 0.00327. The van der Waals surface area contributed by atoms with Crippen molar-refractivity contribution in [1.29, 1.82) is 0 Å². The van der Waals surface area contributed by atoms with Crippen molar-refractivity contribution in [2.75, 3.05) is 17.2 Å². The molecule has 0 radical (unpaired) electrons. The van der Waals surface area contributed by atoms with Crippen LogP contribution in [0.1, 0.15) is 6.42 Å². The molecule has 0 saturated carbocycles. The monoisotopic (exact) mass is 225 g/mol. The van der Waals surface area contributed by atoms with Gasteiger partial charge in [-0.15, -0.1) is 0 Å². The summed E-state index contributed by atoms with van der Waals surface area (Å²) in [6, 6.07) is 5.12. The summed E-state index contributed by atoms with van der Waals surface area (Å²) in [5.74, 6) is -0.00327. The van der Waals surface area contributed by atoms with Crippen LogP contribution in [0.2, 0.25) is 5.02 Å². The van der Waals surface area contributed by atoms with E-state index >= 15 is 0 Å². The highest BCUT2D eigenvalue weighted by atomic mass is 35.5. The van der Waals surface area contributed by atoms with Crippen molar-refractivity contribution in [3.05, 3.63) is 23.2 Å². The van der Waals surface area contributed by atoms with Crippen LogP contribution in [0.3, 0.4) is 0 Å². The summed E-state index contributed by atoms with van der Waals surface area (Å²) in [6.07, 6.45) is 0.367. The minimum Gasteiger partial charge on any atom is -0.396 e. The Morgan fingerprint density at radius 3 is 2.80 bits per heavy atom.